The van der Waals surface area contributed by atoms with Crippen molar-refractivity contribution in [1.82, 2.24) is 15.2 Å². The van der Waals surface area contributed by atoms with Crippen LogP contribution < -0.4 is 10.6 Å². The van der Waals surface area contributed by atoms with Crippen molar-refractivity contribution in [3.05, 3.63) is 59.5 Å². The van der Waals surface area contributed by atoms with Crippen LogP contribution in [0.1, 0.15) is 11.3 Å². The number of halogens is 3. The van der Waals surface area contributed by atoms with E-state index < -0.39 is 23.7 Å². The van der Waals surface area contributed by atoms with Crippen LogP contribution in [0.3, 0.4) is 0 Å². The van der Waals surface area contributed by atoms with Crippen molar-refractivity contribution in [2.45, 2.75) is 6.18 Å². The van der Waals surface area contributed by atoms with Gasteiger partial charge in [-0.2, -0.15) is 13.2 Å². The minimum atomic E-state index is -4.44. The summed E-state index contributed by atoms with van der Waals surface area (Å²) in [6.45, 7) is 0. The number of imide groups is 1. The summed E-state index contributed by atoms with van der Waals surface area (Å²) in [5.74, 6) is -0.591. The molecular weight excluding hydrogens is 311 g/mol. The summed E-state index contributed by atoms with van der Waals surface area (Å²) in [4.78, 5) is 22.6. The van der Waals surface area contributed by atoms with Crippen molar-refractivity contribution in [3.63, 3.8) is 0 Å². The largest absolute Gasteiger partial charge is 0.416 e. The molecule has 0 radical (unpaired) electrons. The summed E-state index contributed by atoms with van der Waals surface area (Å²) < 4.78 is 39.9. The fraction of sp³-hybridized carbons (Fsp3) is 0.0667. The van der Waals surface area contributed by atoms with Crippen molar-refractivity contribution in [2.75, 3.05) is 0 Å². The minimum Gasteiger partial charge on any atom is -0.317 e. The van der Waals surface area contributed by atoms with Gasteiger partial charge in [-0.05, 0) is 36.4 Å². The maximum Gasteiger partial charge on any atom is 0.416 e. The molecule has 2 N–H and O–H groups in total. The van der Waals surface area contributed by atoms with Crippen molar-refractivity contribution < 1.29 is 22.8 Å². The molecule has 1 aromatic heterocycles. The van der Waals surface area contributed by atoms with E-state index in [2.05, 4.69) is 10.6 Å². The van der Waals surface area contributed by atoms with Gasteiger partial charge >= 0.3 is 12.2 Å². The first-order valence-electron chi connectivity index (χ1n) is 6.53. The fourth-order valence-corrected chi connectivity index (χ4v) is 2.21. The third-order valence-electron chi connectivity index (χ3n) is 3.24. The van der Waals surface area contributed by atoms with Crippen LogP contribution in [0.25, 0.3) is 11.8 Å². The first kappa shape index (κ1) is 14.9. The molecule has 1 aromatic carbocycles. The molecule has 0 bridgehead atoms. The molecule has 0 spiro atoms. The van der Waals surface area contributed by atoms with Gasteiger partial charge < -0.3 is 9.88 Å². The fourth-order valence-electron chi connectivity index (χ4n) is 2.21. The molecule has 0 atom stereocenters. The number of nitrogens with one attached hydrogen (secondary N) is 2. The van der Waals surface area contributed by atoms with Crippen LogP contribution in [0, 0.1) is 0 Å². The van der Waals surface area contributed by atoms with E-state index in [1.807, 2.05) is 0 Å². The lowest BCUT2D eigenvalue weighted by Gasteiger charge is -2.11. The Morgan fingerprint density at radius 1 is 1.04 bits per heavy atom. The van der Waals surface area contributed by atoms with Gasteiger partial charge in [0.15, 0.2) is 0 Å². The van der Waals surface area contributed by atoms with Crippen LogP contribution >= 0.6 is 0 Å². The summed E-state index contributed by atoms with van der Waals surface area (Å²) in [6, 6.07) is 7.42. The quantitative estimate of drug-likeness (QED) is 0.660. The molecule has 0 aliphatic carbocycles. The summed E-state index contributed by atoms with van der Waals surface area (Å²) >= 11 is 0. The number of amides is 3. The number of benzene rings is 1. The Morgan fingerprint density at radius 2 is 1.83 bits per heavy atom. The van der Waals surface area contributed by atoms with E-state index in [1.165, 1.54) is 22.8 Å². The second-order valence-electron chi connectivity index (χ2n) is 4.82. The summed E-state index contributed by atoms with van der Waals surface area (Å²) in [7, 11) is 0. The smallest absolute Gasteiger partial charge is 0.317 e. The van der Waals surface area contributed by atoms with E-state index in [-0.39, 0.29) is 5.70 Å². The molecule has 23 heavy (non-hydrogen) atoms. The van der Waals surface area contributed by atoms with Crippen LogP contribution in [-0.2, 0) is 11.0 Å². The molecule has 8 heteroatoms. The Kier molecular flexibility index (Phi) is 3.44. The van der Waals surface area contributed by atoms with E-state index in [0.29, 0.717) is 11.4 Å². The Morgan fingerprint density at radius 3 is 2.48 bits per heavy atom. The normalized spacial score (nSPS) is 16.6. The highest BCUT2D eigenvalue weighted by Crippen LogP contribution is 2.30. The molecule has 3 rings (SSSR count). The Labute approximate surface area is 128 Å². The second kappa shape index (κ2) is 5.31. The maximum absolute atomic E-state index is 12.8. The van der Waals surface area contributed by atoms with Gasteiger partial charge in [0.1, 0.15) is 5.70 Å². The number of carbonyl (C=O) groups is 2. The molecule has 0 saturated carbocycles. The molecule has 1 aliphatic rings. The third-order valence-corrected chi connectivity index (χ3v) is 3.24. The zero-order valence-corrected chi connectivity index (χ0v) is 11.5. The lowest BCUT2D eigenvalue weighted by molar-refractivity contribution is -0.137. The van der Waals surface area contributed by atoms with E-state index in [4.69, 9.17) is 0 Å². The number of aromatic nitrogens is 1. The highest BCUT2D eigenvalue weighted by atomic mass is 19.4. The second-order valence-corrected chi connectivity index (χ2v) is 4.82. The third kappa shape index (κ3) is 2.96. The van der Waals surface area contributed by atoms with Gasteiger partial charge in [-0.3, -0.25) is 10.1 Å². The Bertz CT molecular complexity index is 821. The Hall–Kier alpha value is -3.03. The van der Waals surface area contributed by atoms with Crippen molar-refractivity contribution in [3.8, 4) is 5.69 Å². The Balaban J connectivity index is 2.01. The highest BCUT2D eigenvalue weighted by molar-refractivity contribution is 6.13. The average Bonchev–Trinajstić information content (AvgIpc) is 3.05. The van der Waals surface area contributed by atoms with Crippen LogP contribution in [0.5, 0.6) is 0 Å². The van der Waals surface area contributed by atoms with Gasteiger partial charge in [-0.1, -0.05) is 6.07 Å². The number of hydrogen-bond acceptors (Lipinski definition) is 2. The number of hydrogen-bond donors (Lipinski definition) is 2. The standard InChI is InChI=1S/C15H10F3N3O2/c16-15(17,18)9-3-1-4-10(7-9)21-6-2-5-11(21)8-12-13(22)20-14(23)19-12/h1-8H,(H2,19,20,22,23)/b12-8-. The molecule has 1 saturated heterocycles. The van der Waals surface area contributed by atoms with Gasteiger partial charge in [0.05, 0.1) is 5.56 Å². The predicted molar refractivity (Wildman–Crippen MR) is 75.4 cm³/mol. The van der Waals surface area contributed by atoms with E-state index in [1.54, 1.807) is 18.3 Å². The van der Waals surface area contributed by atoms with Gasteiger partial charge in [-0.15, -0.1) is 0 Å². The zero-order chi connectivity index (χ0) is 16.6. The topological polar surface area (TPSA) is 63.1 Å². The summed E-state index contributed by atoms with van der Waals surface area (Å²) in [5, 5.41) is 4.38. The zero-order valence-electron chi connectivity index (χ0n) is 11.5. The monoisotopic (exact) mass is 321 g/mol. The van der Waals surface area contributed by atoms with Gasteiger partial charge in [0, 0.05) is 17.6 Å². The maximum atomic E-state index is 12.8. The number of carbonyl (C=O) groups excluding carboxylic acids is 2. The SMILES string of the molecule is O=C1NC(=O)/C(=C/c2cccn2-c2cccc(C(F)(F)F)c2)N1. The van der Waals surface area contributed by atoms with E-state index in [0.717, 1.165) is 12.1 Å². The summed E-state index contributed by atoms with van der Waals surface area (Å²) in [6.07, 6.45) is -1.49. The molecule has 1 aliphatic heterocycles. The first-order chi connectivity index (χ1) is 10.8. The van der Waals surface area contributed by atoms with Crippen LogP contribution in [-0.4, -0.2) is 16.5 Å². The molecule has 2 heterocycles. The number of rotatable bonds is 2. The number of alkyl halides is 3. The molecular formula is C15H10F3N3O2. The lowest BCUT2D eigenvalue weighted by atomic mass is 10.2. The molecule has 118 valence electrons. The number of nitrogens with zero attached hydrogens (tertiary/aromatic N) is 1. The van der Waals surface area contributed by atoms with Crippen molar-refractivity contribution >= 4 is 18.0 Å². The first-order valence-corrected chi connectivity index (χ1v) is 6.53. The molecule has 1 fully saturated rings. The molecule has 2 aromatic rings. The van der Waals surface area contributed by atoms with Crippen molar-refractivity contribution in [2.24, 2.45) is 0 Å². The van der Waals surface area contributed by atoms with E-state index in [9.17, 15) is 22.8 Å². The van der Waals surface area contributed by atoms with E-state index >= 15 is 0 Å². The van der Waals surface area contributed by atoms with Gasteiger partial charge in [0.25, 0.3) is 5.91 Å². The highest BCUT2D eigenvalue weighted by Gasteiger charge is 2.30. The minimum absolute atomic E-state index is 0.0296. The predicted octanol–water partition coefficient (Wildman–Crippen LogP) is 2.68. The van der Waals surface area contributed by atoms with Crippen LogP contribution in [0.2, 0.25) is 0 Å². The summed E-state index contributed by atoms with van der Waals surface area (Å²) in [5.41, 5.74) is 0.00854. The molecule has 5 nitrogen and oxygen atoms in total. The van der Waals surface area contributed by atoms with Crippen LogP contribution in [0.15, 0.2) is 48.3 Å². The molecule has 0 unspecified atom stereocenters. The number of urea groups is 1. The lowest BCUT2D eigenvalue weighted by Crippen LogP contribution is -2.22. The van der Waals surface area contributed by atoms with Crippen LogP contribution in [0.4, 0.5) is 18.0 Å². The van der Waals surface area contributed by atoms with Gasteiger partial charge in [-0.25, -0.2) is 4.79 Å². The van der Waals surface area contributed by atoms with Crippen molar-refractivity contribution in [1.29, 1.82) is 0 Å². The molecule has 3 amide bonds. The van der Waals surface area contributed by atoms with Gasteiger partial charge in [0.2, 0.25) is 0 Å². The average molecular weight is 321 g/mol.